The molecule has 8 heteroatoms. The molecule has 1 N–H and O–H groups in total. The maximum absolute atomic E-state index is 13.9. The highest BCUT2D eigenvalue weighted by Gasteiger charge is 2.35. The van der Waals surface area contributed by atoms with Gasteiger partial charge in [-0.15, -0.1) is 0 Å². The number of morpholine rings is 1. The molecular weight excluding hydrogens is 347 g/mol. The van der Waals surface area contributed by atoms with Crippen LogP contribution in [0.25, 0.3) is 0 Å². The Labute approximate surface area is 148 Å². The molecule has 1 aliphatic rings. The Morgan fingerprint density at radius 1 is 1.24 bits per heavy atom. The van der Waals surface area contributed by atoms with Crippen LogP contribution in [-0.2, 0) is 19.6 Å². The number of amides is 1. The highest BCUT2D eigenvalue weighted by atomic mass is 32.2. The van der Waals surface area contributed by atoms with Crippen molar-refractivity contribution in [3.63, 3.8) is 0 Å². The minimum atomic E-state index is -4.15. The molecular formula is C17H25FN2O4S. The monoisotopic (exact) mass is 372 g/mol. The van der Waals surface area contributed by atoms with Gasteiger partial charge in [-0.25, -0.2) is 12.8 Å². The predicted molar refractivity (Wildman–Crippen MR) is 91.9 cm³/mol. The standard InChI is InChI=1S/C17H25FN2O4S/c1-11(2)16(17(21)20-9-12(3)24-13(4)10-20)19-25(22,23)15-8-6-5-7-14(15)18/h5-8,11-13,16,19H,9-10H2,1-4H3/t12-,13-,16-/m1/s1. The van der Waals surface area contributed by atoms with E-state index in [1.54, 1.807) is 18.7 Å². The molecule has 3 atom stereocenters. The largest absolute Gasteiger partial charge is 0.372 e. The number of halogens is 1. The van der Waals surface area contributed by atoms with Gasteiger partial charge < -0.3 is 9.64 Å². The summed E-state index contributed by atoms with van der Waals surface area (Å²) in [6, 6.07) is 4.14. The van der Waals surface area contributed by atoms with E-state index >= 15 is 0 Å². The van der Waals surface area contributed by atoms with E-state index in [-0.39, 0.29) is 24.0 Å². The third-order valence-corrected chi connectivity index (χ3v) is 5.55. The second-order valence-corrected chi connectivity index (χ2v) is 8.46. The molecule has 0 aliphatic carbocycles. The number of hydrogen-bond donors (Lipinski definition) is 1. The van der Waals surface area contributed by atoms with Crippen LogP contribution in [0.1, 0.15) is 27.7 Å². The number of rotatable bonds is 5. The second-order valence-electron chi connectivity index (χ2n) is 6.77. The fourth-order valence-electron chi connectivity index (χ4n) is 2.92. The summed E-state index contributed by atoms with van der Waals surface area (Å²) in [7, 11) is -4.15. The number of hydrogen-bond acceptors (Lipinski definition) is 4. The number of nitrogens with one attached hydrogen (secondary N) is 1. The maximum Gasteiger partial charge on any atom is 0.244 e. The lowest BCUT2D eigenvalue weighted by Crippen LogP contribution is -2.56. The molecule has 0 spiro atoms. The summed E-state index contributed by atoms with van der Waals surface area (Å²) in [4.78, 5) is 14.0. The molecule has 0 bridgehead atoms. The van der Waals surface area contributed by atoms with Gasteiger partial charge in [0.1, 0.15) is 16.8 Å². The van der Waals surface area contributed by atoms with Gasteiger partial charge >= 0.3 is 0 Å². The molecule has 1 aromatic carbocycles. The van der Waals surface area contributed by atoms with E-state index in [9.17, 15) is 17.6 Å². The summed E-state index contributed by atoms with van der Waals surface area (Å²) >= 11 is 0. The first-order chi connectivity index (χ1) is 11.6. The SMILES string of the molecule is CC(C)[C@@H](NS(=O)(=O)c1ccccc1F)C(=O)N1C[C@@H](C)O[C@H](C)C1. The Kier molecular flexibility index (Phi) is 6.18. The number of sulfonamides is 1. The van der Waals surface area contributed by atoms with E-state index in [1.807, 2.05) is 13.8 Å². The van der Waals surface area contributed by atoms with Crippen LogP contribution in [0, 0.1) is 11.7 Å². The van der Waals surface area contributed by atoms with Crippen molar-refractivity contribution in [2.75, 3.05) is 13.1 Å². The van der Waals surface area contributed by atoms with Crippen molar-refractivity contribution in [2.24, 2.45) is 5.92 Å². The molecule has 1 heterocycles. The van der Waals surface area contributed by atoms with Gasteiger partial charge in [0.2, 0.25) is 15.9 Å². The van der Waals surface area contributed by atoms with Gasteiger partial charge in [0, 0.05) is 13.1 Å². The first-order valence-corrected chi connectivity index (χ1v) is 9.81. The Balaban J connectivity index is 2.23. The van der Waals surface area contributed by atoms with Crippen molar-refractivity contribution in [1.82, 2.24) is 9.62 Å². The summed E-state index contributed by atoms with van der Waals surface area (Å²) in [5, 5.41) is 0. The average Bonchev–Trinajstić information content (AvgIpc) is 2.51. The van der Waals surface area contributed by atoms with Gasteiger partial charge in [-0.05, 0) is 31.9 Å². The van der Waals surface area contributed by atoms with Crippen LogP contribution in [0.4, 0.5) is 4.39 Å². The minimum Gasteiger partial charge on any atom is -0.372 e. The lowest BCUT2D eigenvalue weighted by atomic mass is 10.0. The summed E-state index contributed by atoms with van der Waals surface area (Å²) < 4.78 is 46.9. The summed E-state index contributed by atoms with van der Waals surface area (Å²) in [6.45, 7) is 8.02. The molecule has 1 aliphatic heterocycles. The molecule has 6 nitrogen and oxygen atoms in total. The molecule has 1 saturated heterocycles. The number of nitrogens with zero attached hydrogens (tertiary/aromatic N) is 1. The van der Waals surface area contributed by atoms with Gasteiger partial charge in [-0.3, -0.25) is 4.79 Å². The van der Waals surface area contributed by atoms with Crippen molar-refractivity contribution >= 4 is 15.9 Å². The quantitative estimate of drug-likeness (QED) is 0.855. The zero-order chi connectivity index (χ0) is 18.8. The van der Waals surface area contributed by atoms with Crippen LogP contribution >= 0.6 is 0 Å². The van der Waals surface area contributed by atoms with Crippen LogP contribution in [0.15, 0.2) is 29.2 Å². The molecule has 140 valence electrons. The van der Waals surface area contributed by atoms with Gasteiger partial charge in [0.05, 0.1) is 12.2 Å². The summed E-state index contributed by atoms with van der Waals surface area (Å²) in [5.74, 6) is -1.46. The van der Waals surface area contributed by atoms with E-state index in [0.29, 0.717) is 13.1 Å². The summed E-state index contributed by atoms with van der Waals surface area (Å²) in [6.07, 6.45) is -0.243. The number of ether oxygens (including phenoxy) is 1. The van der Waals surface area contributed by atoms with Crippen molar-refractivity contribution < 1.29 is 22.3 Å². The molecule has 0 radical (unpaired) electrons. The zero-order valence-corrected chi connectivity index (χ0v) is 15.7. The minimum absolute atomic E-state index is 0.122. The first-order valence-electron chi connectivity index (χ1n) is 8.33. The molecule has 1 amide bonds. The predicted octanol–water partition coefficient (Wildman–Crippen LogP) is 1.76. The normalized spacial score (nSPS) is 22.9. The lowest BCUT2D eigenvalue weighted by molar-refractivity contribution is -0.145. The summed E-state index contributed by atoms with van der Waals surface area (Å²) in [5.41, 5.74) is 0. The molecule has 0 unspecified atom stereocenters. The Bertz CT molecular complexity index is 713. The average molecular weight is 372 g/mol. The highest BCUT2D eigenvalue weighted by molar-refractivity contribution is 7.89. The van der Waals surface area contributed by atoms with Crippen LogP contribution in [0.3, 0.4) is 0 Å². The molecule has 0 aromatic heterocycles. The lowest BCUT2D eigenvalue weighted by Gasteiger charge is -2.38. The third-order valence-electron chi connectivity index (χ3n) is 4.07. The van der Waals surface area contributed by atoms with Crippen LogP contribution in [0.2, 0.25) is 0 Å². The fourth-order valence-corrected chi connectivity index (χ4v) is 4.34. The van der Waals surface area contributed by atoms with E-state index in [4.69, 9.17) is 4.74 Å². The first kappa shape index (κ1) is 19.8. The van der Waals surface area contributed by atoms with E-state index in [0.717, 1.165) is 6.07 Å². The van der Waals surface area contributed by atoms with Gasteiger partial charge in [-0.1, -0.05) is 26.0 Å². The van der Waals surface area contributed by atoms with Crippen molar-refractivity contribution in [3.05, 3.63) is 30.1 Å². The zero-order valence-electron chi connectivity index (χ0n) is 14.9. The smallest absolute Gasteiger partial charge is 0.244 e. The van der Waals surface area contributed by atoms with Gasteiger partial charge in [0.25, 0.3) is 0 Å². The van der Waals surface area contributed by atoms with E-state index in [2.05, 4.69) is 4.72 Å². The Morgan fingerprint density at radius 3 is 2.32 bits per heavy atom. The van der Waals surface area contributed by atoms with E-state index < -0.39 is 26.8 Å². The van der Waals surface area contributed by atoms with Gasteiger partial charge in [0.15, 0.2) is 0 Å². The number of benzene rings is 1. The maximum atomic E-state index is 13.9. The Morgan fingerprint density at radius 2 is 1.80 bits per heavy atom. The number of carbonyl (C=O) groups excluding carboxylic acids is 1. The van der Waals surface area contributed by atoms with Crippen molar-refractivity contribution in [3.8, 4) is 0 Å². The second kappa shape index (κ2) is 7.80. The van der Waals surface area contributed by atoms with Crippen molar-refractivity contribution in [2.45, 2.75) is 50.8 Å². The topological polar surface area (TPSA) is 75.7 Å². The van der Waals surface area contributed by atoms with Crippen LogP contribution < -0.4 is 4.72 Å². The van der Waals surface area contributed by atoms with Crippen molar-refractivity contribution in [1.29, 1.82) is 0 Å². The van der Waals surface area contributed by atoms with Crippen LogP contribution in [-0.4, -0.2) is 50.6 Å². The Hall–Kier alpha value is -1.51. The molecule has 1 fully saturated rings. The fraction of sp³-hybridized carbons (Fsp3) is 0.588. The molecule has 25 heavy (non-hydrogen) atoms. The van der Waals surface area contributed by atoms with Crippen LogP contribution in [0.5, 0.6) is 0 Å². The molecule has 0 saturated carbocycles. The highest BCUT2D eigenvalue weighted by Crippen LogP contribution is 2.18. The third kappa shape index (κ3) is 4.77. The van der Waals surface area contributed by atoms with Gasteiger partial charge in [-0.2, -0.15) is 4.72 Å². The van der Waals surface area contributed by atoms with E-state index in [1.165, 1.54) is 18.2 Å². The molecule has 1 aromatic rings. The number of carbonyl (C=O) groups is 1. The molecule has 2 rings (SSSR count).